The van der Waals surface area contributed by atoms with Gasteiger partial charge in [0.05, 0.1) is 0 Å². The third kappa shape index (κ3) is 4.58. The number of benzene rings is 2. The van der Waals surface area contributed by atoms with Crippen molar-refractivity contribution in [2.75, 3.05) is 13.2 Å². The van der Waals surface area contributed by atoms with Crippen LogP contribution in [0.5, 0.6) is 5.75 Å². The van der Waals surface area contributed by atoms with Crippen molar-refractivity contribution in [3.8, 4) is 16.9 Å². The van der Waals surface area contributed by atoms with Crippen LogP contribution < -0.4 is 10.2 Å². The van der Waals surface area contributed by atoms with Crippen LogP contribution in [0.3, 0.4) is 0 Å². The van der Waals surface area contributed by atoms with Gasteiger partial charge in [0.2, 0.25) is 0 Å². The van der Waals surface area contributed by atoms with Gasteiger partial charge in [-0.2, -0.15) is 0 Å². The molecule has 0 N–H and O–H groups in total. The van der Waals surface area contributed by atoms with Crippen LogP contribution in [0.2, 0.25) is 0 Å². The number of ether oxygens (including phenoxy) is 1. The maximum absolute atomic E-state index is 6.07. The summed E-state index contributed by atoms with van der Waals surface area (Å²) >= 11 is 0. The van der Waals surface area contributed by atoms with E-state index in [4.69, 9.17) is 14.0 Å². The average molecular weight is 401 g/mol. The SMILES string of the molecule is Cc1ncccc1-c1cccc(COc2ccc(B3OCC(C)(C)CO3)cc2)c1C. The number of pyridine rings is 1. The second kappa shape index (κ2) is 8.62. The van der Waals surface area contributed by atoms with Crippen molar-refractivity contribution in [3.05, 3.63) is 77.6 Å². The Morgan fingerprint density at radius 2 is 1.63 bits per heavy atom. The van der Waals surface area contributed by atoms with E-state index >= 15 is 0 Å². The predicted octanol–water partition coefficient (Wildman–Crippen LogP) is 4.71. The minimum Gasteiger partial charge on any atom is -0.489 e. The highest BCUT2D eigenvalue weighted by molar-refractivity contribution is 6.61. The molecule has 30 heavy (non-hydrogen) atoms. The molecule has 5 heteroatoms. The molecule has 4 rings (SSSR count). The van der Waals surface area contributed by atoms with Gasteiger partial charge >= 0.3 is 7.12 Å². The number of aryl methyl sites for hydroxylation is 1. The van der Waals surface area contributed by atoms with Gasteiger partial charge in [0.25, 0.3) is 0 Å². The average Bonchev–Trinajstić information content (AvgIpc) is 2.74. The van der Waals surface area contributed by atoms with Crippen LogP contribution in [0, 0.1) is 19.3 Å². The van der Waals surface area contributed by atoms with Crippen molar-refractivity contribution in [3.63, 3.8) is 0 Å². The minimum absolute atomic E-state index is 0.0697. The molecule has 2 aromatic carbocycles. The first kappa shape index (κ1) is 20.6. The van der Waals surface area contributed by atoms with Crippen molar-refractivity contribution >= 4 is 12.6 Å². The number of nitrogens with zero attached hydrogens (tertiary/aromatic N) is 1. The third-order valence-corrected chi connectivity index (χ3v) is 5.54. The smallest absolute Gasteiger partial charge is 0.489 e. The Bertz CT molecular complexity index is 1010. The number of aromatic nitrogens is 1. The fraction of sp³-hybridized carbons (Fsp3) is 0.320. The van der Waals surface area contributed by atoms with E-state index < -0.39 is 0 Å². The Morgan fingerprint density at radius 1 is 0.933 bits per heavy atom. The fourth-order valence-electron chi connectivity index (χ4n) is 3.67. The van der Waals surface area contributed by atoms with Crippen LogP contribution in [0.1, 0.15) is 30.7 Å². The second-order valence-electron chi connectivity index (χ2n) is 8.70. The van der Waals surface area contributed by atoms with Crippen molar-refractivity contribution in [2.24, 2.45) is 5.41 Å². The molecule has 0 radical (unpaired) electrons. The molecule has 0 bridgehead atoms. The van der Waals surface area contributed by atoms with Gasteiger partial charge in [0.1, 0.15) is 12.4 Å². The lowest BCUT2D eigenvalue weighted by molar-refractivity contribution is 0.0343. The van der Waals surface area contributed by atoms with E-state index in [0.29, 0.717) is 19.8 Å². The standard InChI is InChI=1S/C25H28BNO3/c1-18-20(7-5-8-23(18)24-9-6-14-27-19(24)2)15-28-22-12-10-21(11-13-22)26-29-16-25(3,4)17-30-26/h5-14H,15-17H2,1-4H3. The van der Waals surface area contributed by atoms with Crippen molar-refractivity contribution in [1.29, 1.82) is 0 Å². The van der Waals surface area contributed by atoms with E-state index in [1.807, 2.05) is 43.5 Å². The molecule has 1 aromatic heterocycles. The van der Waals surface area contributed by atoms with Crippen LogP contribution in [-0.2, 0) is 15.9 Å². The summed E-state index contributed by atoms with van der Waals surface area (Å²) in [5.74, 6) is 0.831. The summed E-state index contributed by atoms with van der Waals surface area (Å²) in [4.78, 5) is 4.42. The molecule has 0 spiro atoms. The summed E-state index contributed by atoms with van der Waals surface area (Å²) in [5.41, 5.74) is 6.87. The van der Waals surface area contributed by atoms with Crippen LogP contribution >= 0.6 is 0 Å². The Balaban J connectivity index is 1.43. The van der Waals surface area contributed by atoms with E-state index in [9.17, 15) is 0 Å². The molecule has 2 heterocycles. The van der Waals surface area contributed by atoms with E-state index in [-0.39, 0.29) is 12.5 Å². The lowest BCUT2D eigenvalue weighted by Crippen LogP contribution is -2.47. The second-order valence-corrected chi connectivity index (χ2v) is 8.70. The third-order valence-electron chi connectivity index (χ3n) is 5.54. The number of hydrogen-bond donors (Lipinski definition) is 0. The van der Waals surface area contributed by atoms with Crippen LogP contribution in [0.25, 0.3) is 11.1 Å². The summed E-state index contributed by atoms with van der Waals surface area (Å²) in [5, 5.41) is 0. The highest BCUT2D eigenvalue weighted by Crippen LogP contribution is 2.28. The van der Waals surface area contributed by atoms with Crippen LogP contribution in [0.4, 0.5) is 0 Å². The van der Waals surface area contributed by atoms with Gasteiger partial charge in [-0.25, -0.2) is 0 Å². The van der Waals surface area contributed by atoms with Gasteiger partial charge in [0.15, 0.2) is 0 Å². The molecular formula is C25H28BNO3. The summed E-state index contributed by atoms with van der Waals surface area (Å²) < 4.78 is 17.8. The summed E-state index contributed by atoms with van der Waals surface area (Å²) in [6.45, 7) is 10.4. The van der Waals surface area contributed by atoms with E-state index in [1.165, 1.54) is 16.7 Å². The Labute approximate surface area is 179 Å². The molecule has 4 nitrogen and oxygen atoms in total. The van der Waals surface area contributed by atoms with E-state index in [0.717, 1.165) is 22.5 Å². The topological polar surface area (TPSA) is 40.6 Å². The van der Waals surface area contributed by atoms with Crippen LogP contribution in [-0.4, -0.2) is 25.3 Å². The van der Waals surface area contributed by atoms with Crippen molar-refractivity contribution < 1.29 is 14.0 Å². The van der Waals surface area contributed by atoms with Crippen LogP contribution in [0.15, 0.2) is 60.8 Å². The molecule has 0 amide bonds. The van der Waals surface area contributed by atoms with Gasteiger partial charge in [-0.05, 0) is 54.2 Å². The highest BCUT2D eigenvalue weighted by Gasteiger charge is 2.33. The zero-order valence-corrected chi connectivity index (χ0v) is 18.1. The molecule has 0 saturated carbocycles. The highest BCUT2D eigenvalue weighted by atomic mass is 16.6. The monoisotopic (exact) mass is 401 g/mol. The molecule has 0 atom stereocenters. The van der Waals surface area contributed by atoms with E-state index in [1.54, 1.807) is 0 Å². The first-order valence-electron chi connectivity index (χ1n) is 10.4. The minimum atomic E-state index is -0.297. The van der Waals surface area contributed by atoms with Gasteiger partial charge in [-0.1, -0.05) is 50.2 Å². The van der Waals surface area contributed by atoms with Gasteiger partial charge in [-0.15, -0.1) is 0 Å². The van der Waals surface area contributed by atoms with Gasteiger partial charge in [-0.3, -0.25) is 4.98 Å². The lowest BCUT2D eigenvalue weighted by atomic mass is 9.76. The normalized spacial score (nSPS) is 15.8. The Morgan fingerprint density at radius 3 is 2.33 bits per heavy atom. The molecule has 1 aliphatic heterocycles. The number of rotatable bonds is 5. The van der Waals surface area contributed by atoms with Crippen molar-refractivity contribution in [2.45, 2.75) is 34.3 Å². The summed E-state index contributed by atoms with van der Waals surface area (Å²) in [7, 11) is -0.297. The molecule has 0 aliphatic carbocycles. The fourth-order valence-corrected chi connectivity index (χ4v) is 3.67. The Hall–Kier alpha value is -2.63. The molecule has 154 valence electrons. The zero-order valence-electron chi connectivity index (χ0n) is 18.1. The first-order chi connectivity index (χ1) is 14.4. The van der Waals surface area contributed by atoms with Crippen molar-refractivity contribution in [1.82, 2.24) is 4.98 Å². The molecule has 1 saturated heterocycles. The molecule has 1 fully saturated rings. The Kier molecular flexibility index (Phi) is 5.93. The predicted molar refractivity (Wildman–Crippen MR) is 121 cm³/mol. The quantitative estimate of drug-likeness (QED) is 0.581. The first-order valence-corrected chi connectivity index (χ1v) is 10.4. The molecular weight excluding hydrogens is 373 g/mol. The summed E-state index contributed by atoms with van der Waals surface area (Å²) in [6, 6.07) is 18.4. The number of hydrogen-bond acceptors (Lipinski definition) is 4. The summed E-state index contributed by atoms with van der Waals surface area (Å²) in [6.07, 6.45) is 1.83. The largest absolute Gasteiger partial charge is 0.493 e. The maximum Gasteiger partial charge on any atom is 0.493 e. The van der Waals surface area contributed by atoms with Gasteiger partial charge < -0.3 is 14.0 Å². The van der Waals surface area contributed by atoms with Gasteiger partial charge in [0, 0.05) is 36.1 Å². The molecule has 3 aromatic rings. The maximum atomic E-state index is 6.07. The molecule has 0 unspecified atom stereocenters. The molecule has 1 aliphatic rings. The zero-order chi connectivity index (χ0) is 21.1. The lowest BCUT2D eigenvalue weighted by Gasteiger charge is -2.33. The van der Waals surface area contributed by atoms with E-state index in [2.05, 4.69) is 50.0 Å².